The maximum atomic E-state index is 12.8. The molecule has 0 spiro atoms. The van der Waals surface area contributed by atoms with Gasteiger partial charge in [0.15, 0.2) is 0 Å². The Labute approximate surface area is 146 Å². The molecule has 3 rings (SSSR count). The summed E-state index contributed by atoms with van der Waals surface area (Å²) in [5.74, 6) is -0.0159. The van der Waals surface area contributed by atoms with Crippen LogP contribution < -0.4 is 0 Å². The topological polar surface area (TPSA) is 20.3 Å². The molecule has 2 nitrogen and oxygen atoms in total. The molecule has 0 aliphatic carbocycles. The summed E-state index contributed by atoms with van der Waals surface area (Å²) >= 11 is 6.81. The quantitative estimate of drug-likeness (QED) is 0.582. The van der Waals surface area contributed by atoms with Gasteiger partial charge < -0.3 is 0 Å². The van der Waals surface area contributed by atoms with Gasteiger partial charge in [-0.3, -0.25) is 9.69 Å². The number of nitrogens with zero attached hydrogens (tertiary/aromatic N) is 1. The highest BCUT2D eigenvalue weighted by Crippen LogP contribution is 2.37. The van der Waals surface area contributed by atoms with Crippen molar-refractivity contribution in [2.75, 3.05) is 0 Å². The number of hydrogen-bond acceptors (Lipinski definition) is 3. The third-order valence-corrected chi connectivity index (χ3v) is 5.16. The molecule has 4 heteroatoms. The van der Waals surface area contributed by atoms with Crippen molar-refractivity contribution in [2.45, 2.75) is 19.9 Å². The zero-order valence-corrected chi connectivity index (χ0v) is 14.7. The molecule has 1 atom stereocenters. The Kier molecular flexibility index (Phi) is 4.64. The zero-order valence-electron chi connectivity index (χ0n) is 13.0. The molecule has 0 bridgehead atoms. The molecule has 0 aromatic heterocycles. The van der Waals surface area contributed by atoms with Crippen LogP contribution in [0.15, 0.2) is 59.5 Å². The van der Waals surface area contributed by atoms with Crippen molar-refractivity contribution in [2.24, 2.45) is 0 Å². The summed E-state index contributed by atoms with van der Waals surface area (Å²) in [6.07, 6.45) is 1.92. The zero-order chi connectivity index (χ0) is 16.4. The van der Waals surface area contributed by atoms with Crippen molar-refractivity contribution in [1.82, 2.24) is 4.90 Å². The number of thioether (sulfide) groups is 1. The first-order chi connectivity index (χ1) is 11.1. The molecule has 0 N–H and O–H groups in total. The SMILES string of the molecule is Cc1cccc(/C=C2\SC(=S)N(C(C)c3ccccc3)C2=O)c1. The predicted molar refractivity (Wildman–Crippen MR) is 101 cm³/mol. The Balaban J connectivity index is 1.88. The van der Waals surface area contributed by atoms with E-state index in [1.807, 2.05) is 68.5 Å². The minimum absolute atomic E-state index is 0.0159. The smallest absolute Gasteiger partial charge is 0.266 e. The van der Waals surface area contributed by atoms with E-state index in [1.54, 1.807) is 4.90 Å². The molecule has 1 saturated heterocycles. The molecule has 2 aromatic rings. The number of hydrogen-bond donors (Lipinski definition) is 0. The van der Waals surface area contributed by atoms with E-state index in [0.717, 1.165) is 11.1 Å². The van der Waals surface area contributed by atoms with E-state index in [1.165, 1.54) is 17.3 Å². The van der Waals surface area contributed by atoms with Crippen LogP contribution in [0.2, 0.25) is 0 Å². The van der Waals surface area contributed by atoms with Crippen LogP contribution >= 0.6 is 24.0 Å². The van der Waals surface area contributed by atoms with E-state index in [2.05, 4.69) is 6.07 Å². The first kappa shape index (κ1) is 16.0. The van der Waals surface area contributed by atoms with Crippen LogP contribution in [0.4, 0.5) is 0 Å². The average Bonchev–Trinajstić information content (AvgIpc) is 2.81. The lowest BCUT2D eigenvalue weighted by molar-refractivity contribution is -0.123. The van der Waals surface area contributed by atoms with Gasteiger partial charge in [0, 0.05) is 0 Å². The van der Waals surface area contributed by atoms with Gasteiger partial charge in [-0.05, 0) is 31.1 Å². The monoisotopic (exact) mass is 339 g/mol. The summed E-state index contributed by atoms with van der Waals surface area (Å²) in [5.41, 5.74) is 3.28. The van der Waals surface area contributed by atoms with Gasteiger partial charge in [0.1, 0.15) is 4.32 Å². The van der Waals surface area contributed by atoms with Crippen LogP contribution in [0, 0.1) is 6.92 Å². The standard InChI is InChI=1S/C19H17NOS2/c1-13-7-6-8-15(11-13)12-17-18(21)20(19(22)23-17)14(2)16-9-4-3-5-10-16/h3-12,14H,1-2H3/b17-12-. The highest BCUT2D eigenvalue weighted by atomic mass is 32.2. The largest absolute Gasteiger partial charge is 0.286 e. The van der Waals surface area contributed by atoms with Gasteiger partial charge in [0.25, 0.3) is 5.91 Å². The first-order valence-electron chi connectivity index (χ1n) is 7.45. The van der Waals surface area contributed by atoms with E-state index in [0.29, 0.717) is 9.23 Å². The lowest BCUT2D eigenvalue weighted by atomic mass is 10.1. The second-order valence-corrected chi connectivity index (χ2v) is 7.23. The van der Waals surface area contributed by atoms with Gasteiger partial charge in [0.05, 0.1) is 10.9 Å². The highest BCUT2D eigenvalue weighted by Gasteiger charge is 2.35. The van der Waals surface area contributed by atoms with Crippen molar-refractivity contribution in [3.63, 3.8) is 0 Å². The van der Waals surface area contributed by atoms with Gasteiger partial charge in [0.2, 0.25) is 0 Å². The van der Waals surface area contributed by atoms with Crippen molar-refractivity contribution < 1.29 is 4.79 Å². The van der Waals surface area contributed by atoms with Crippen LogP contribution in [0.5, 0.6) is 0 Å². The van der Waals surface area contributed by atoms with Crippen molar-refractivity contribution in [3.05, 3.63) is 76.2 Å². The fourth-order valence-corrected chi connectivity index (χ4v) is 4.02. The van der Waals surface area contributed by atoms with Crippen LogP contribution in [0.1, 0.15) is 29.7 Å². The van der Waals surface area contributed by atoms with E-state index < -0.39 is 0 Å². The van der Waals surface area contributed by atoms with Crippen LogP contribution in [-0.4, -0.2) is 15.1 Å². The van der Waals surface area contributed by atoms with Crippen LogP contribution in [0.25, 0.3) is 6.08 Å². The number of carbonyl (C=O) groups is 1. The fourth-order valence-electron chi connectivity index (χ4n) is 2.61. The summed E-state index contributed by atoms with van der Waals surface area (Å²) in [6.45, 7) is 4.05. The van der Waals surface area contributed by atoms with E-state index in [-0.39, 0.29) is 11.9 Å². The molecule has 0 saturated carbocycles. The number of benzene rings is 2. The molecular weight excluding hydrogens is 322 g/mol. The Hall–Kier alpha value is -1.91. The molecule has 1 unspecified atom stereocenters. The Bertz CT molecular complexity index is 783. The second-order valence-electron chi connectivity index (χ2n) is 5.55. The minimum Gasteiger partial charge on any atom is -0.286 e. The number of aryl methyl sites for hydroxylation is 1. The third-order valence-electron chi connectivity index (χ3n) is 3.83. The number of thiocarbonyl (C=S) groups is 1. The lowest BCUT2D eigenvalue weighted by Gasteiger charge is -2.23. The maximum Gasteiger partial charge on any atom is 0.266 e. The van der Waals surface area contributed by atoms with E-state index >= 15 is 0 Å². The minimum atomic E-state index is -0.0629. The molecule has 1 heterocycles. The van der Waals surface area contributed by atoms with Gasteiger partial charge in [-0.1, -0.05) is 84.1 Å². The summed E-state index contributed by atoms with van der Waals surface area (Å²) in [7, 11) is 0. The Morgan fingerprint density at radius 2 is 1.87 bits per heavy atom. The average molecular weight is 339 g/mol. The molecule has 2 aromatic carbocycles. The Morgan fingerprint density at radius 1 is 1.13 bits per heavy atom. The third kappa shape index (κ3) is 3.38. The molecule has 1 fully saturated rings. The van der Waals surface area contributed by atoms with Crippen molar-refractivity contribution >= 4 is 40.3 Å². The lowest BCUT2D eigenvalue weighted by Crippen LogP contribution is -2.30. The van der Waals surface area contributed by atoms with Gasteiger partial charge in [-0.2, -0.15) is 0 Å². The summed E-state index contributed by atoms with van der Waals surface area (Å²) in [4.78, 5) is 15.2. The summed E-state index contributed by atoms with van der Waals surface area (Å²) in [6, 6.07) is 18.0. The van der Waals surface area contributed by atoms with Crippen LogP contribution in [0.3, 0.4) is 0 Å². The summed E-state index contributed by atoms with van der Waals surface area (Å²) in [5, 5.41) is 0. The highest BCUT2D eigenvalue weighted by molar-refractivity contribution is 8.26. The molecule has 23 heavy (non-hydrogen) atoms. The van der Waals surface area contributed by atoms with Crippen molar-refractivity contribution in [1.29, 1.82) is 0 Å². The molecule has 1 amide bonds. The van der Waals surface area contributed by atoms with Crippen LogP contribution in [-0.2, 0) is 4.79 Å². The number of rotatable bonds is 3. The molecule has 116 valence electrons. The van der Waals surface area contributed by atoms with E-state index in [4.69, 9.17) is 12.2 Å². The van der Waals surface area contributed by atoms with Gasteiger partial charge in [-0.25, -0.2) is 0 Å². The normalized spacial score (nSPS) is 17.8. The van der Waals surface area contributed by atoms with E-state index in [9.17, 15) is 4.79 Å². The van der Waals surface area contributed by atoms with Crippen molar-refractivity contribution in [3.8, 4) is 0 Å². The Morgan fingerprint density at radius 3 is 2.57 bits per heavy atom. The molecule has 1 aliphatic rings. The molecular formula is C19H17NOS2. The second kappa shape index (κ2) is 6.69. The molecule has 0 radical (unpaired) electrons. The van der Waals surface area contributed by atoms with Gasteiger partial charge >= 0.3 is 0 Å². The summed E-state index contributed by atoms with van der Waals surface area (Å²) < 4.78 is 0.616. The number of carbonyl (C=O) groups excluding carboxylic acids is 1. The fraction of sp³-hybridized carbons (Fsp3) is 0.158. The first-order valence-corrected chi connectivity index (χ1v) is 8.67. The predicted octanol–water partition coefficient (Wildman–Crippen LogP) is 4.96. The number of amides is 1. The van der Waals surface area contributed by atoms with Gasteiger partial charge in [-0.15, -0.1) is 0 Å². The maximum absolute atomic E-state index is 12.8. The molecule has 1 aliphatic heterocycles.